The molecule has 5 heteroatoms. The number of rotatable bonds is 7. The molecule has 0 saturated carbocycles. The Morgan fingerprint density at radius 2 is 2.12 bits per heavy atom. The normalized spacial score (nSPS) is 11.8. The summed E-state index contributed by atoms with van der Waals surface area (Å²) in [6.45, 7) is 5.40. The van der Waals surface area contributed by atoms with Crippen LogP contribution in [-0.4, -0.2) is 24.4 Å². The van der Waals surface area contributed by atoms with Gasteiger partial charge in [0.25, 0.3) is 0 Å². The van der Waals surface area contributed by atoms with Gasteiger partial charge in [-0.25, -0.2) is 0 Å². The molecule has 2 N–H and O–H groups in total. The van der Waals surface area contributed by atoms with Gasteiger partial charge in [-0.1, -0.05) is 13.8 Å². The van der Waals surface area contributed by atoms with Crippen molar-refractivity contribution in [3.05, 3.63) is 15.4 Å². The zero-order valence-corrected chi connectivity index (χ0v) is 12.9. The molecule has 0 fully saturated rings. The molecule has 0 aliphatic carbocycles. The van der Waals surface area contributed by atoms with Crippen LogP contribution in [-0.2, 0) is 6.54 Å². The number of methoxy groups -OCH3 is 1. The first-order chi connectivity index (χ1) is 8.04. The van der Waals surface area contributed by atoms with Crippen LogP contribution >= 0.6 is 27.3 Å². The molecule has 98 valence electrons. The second kappa shape index (κ2) is 6.73. The molecule has 0 aliphatic heterocycles. The van der Waals surface area contributed by atoms with Crippen LogP contribution in [0.25, 0.3) is 0 Å². The van der Waals surface area contributed by atoms with Crippen molar-refractivity contribution in [2.75, 3.05) is 13.7 Å². The largest absolute Gasteiger partial charge is 0.486 e. The van der Waals surface area contributed by atoms with E-state index in [1.165, 1.54) is 4.88 Å². The topological polar surface area (TPSA) is 41.5 Å². The zero-order valence-electron chi connectivity index (χ0n) is 10.5. The van der Waals surface area contributed by atoms with E-state index in [-0.39, 0.29) is 0 Å². The summed E-state index contributed by atoms with van der Waals surface area (Å²) in [5.74, 6) is 0. The van der Waals surface area contributed by atoms with Gasteiger partial charge >= 0.3 is 0 Å². The summed E-state index contributed by atoms with van der Waals surface area (Å²) in [5, 5.41) is 14.3. The quantitative estimate of drug-likeness (QED) is 0.810. The van der Waals surface area contributed by atoms with Crippen molar-refractivity contribution in [1.29, 1.82) is 0 Å². The number of hydrogen-bond donors (Lipinski definition) is 2. The van der Waals surface area contributed by atoms with Crippen molar-refractivity contribution in [3.8, 4) is 5.06 Å². The highest BCUT2D eigenvalue weighted by atomic mass is 79.9. The third kappa shape index (κ3) is 4.25. The van der Waals surface area contributed by atoms with E-state index in [1.807, 2.05) is 19.9 Å². The Hall–Kier alpha value is -0.100. The van der Waals surface area contributed by atoms with Gasteiger partial charge in [-0.05, 0) is 34.8 Å². The van der Waals surface area contributed by atoms with Crippen LogP contribution in [0.5, 0.6) is 5.06 Å². The fraction of sp³-hybridized carbons (Fsp3) is 0.667. The molecule has 0 aliphatic rings. The number of aliphatic hydroxyl groups is 1. The summed E-state index contributed by atoms with van der Waals surface area (Å²) in [6, 6.07) is 2.05. The predicted molar refractivity (Wildman–Crippen MR) is 75.8 cm³/mol. The zero-order chi connectivity index (χ0) is 12.9. The molecule has 0 bridgehead atoms. The van der Waals surface area contributed by atoms with Gasteiger partial charge in [0, 0.05) is 18.0 Å². The third-order valence-electron chi connectivity index (χ3n) is 2.96. The molecule has 1 aromatic heterocycles. The van der Waals surface area contributed by atoms with Gasteiger partial charge in [0.15, 0.2) is 5.06 Å². The molecule has 17 heavy (non-hydrogen) atoms. The molecule has 0 atom stereocenters. The van der Waals surface area contributed by atoms with Crippen molar-refractivity contribution < 1.29 is 9.84 Å². The van der Waals surface area contributed by atoms with E-state index in [0.29, 0.717) is 6.54 Å². The minimum Gasteiger partial charge on any atom is -0.486 e. The number of hydrogen-bond acceptors (Lipinski definition) is 4. The van der Waals surface area contributed by atoms with E-state index in [2.05, 4.69) is 21.2 Å². The Kier molecular flexibility index (Phi) is 5.92. The summed E-state index contributed by atoms with van der Waals surface area (Å²) in [7, 11) is 1.67. The molecule has 0 radical (unpaired) electrons. The van der Waals surface area contributed by atoms with Crippen molar-refractivity contribution in [2.45, 2.75) is 38.8 Å². The van der Waals surface area contributed by atoms with Crippen molar-refractivity contribution >= 4 is 27.3 Å². The molecule has 0 aromatic carbocycles. The summed E-state index contributed by atoms with van der Waals surface area (Å²) in [6.07, 6.45) is 1.54. The Bertz CT molecular complexity index is 350. The van der Waals surface area contributed by atoms with E-state index in [0.717, 1.165) is 28.9 Å². The SMILES string of the molecule is CCC(O)(CC)CNCc1cc(Br)c(OC)s1. The highest BCUT2D eigenvalue weighted by Crippen LogP contribution is 2.34. The Morgan fingerprint density at radius 3 is 2.59 bits per heavy atom. The maximum atomic E-state index is 10.1. The van der Waals surface area contributed by atoms with Gasteiger partial charge in [-0.3, -0.25) is 0 Å². The maximum Gasteiger partial charge on any atom is 0.188 e. The van der Waals surface area contributed by atoms with Gasteiger partial charge in [0.2, 0.25) is 0 Å². The number of thiophene rings is 1. The summed E-state index contributed by atoms with van der Waals surface area (Å²) in [5.41, 5.74) is -0.585. The molecular formula is C12H20BrNO2S. The minimum absolute atomic E-state index is 0.585. The number of nitrogens with one attached hydrogen (secondary N) is 1. The Morgan fingerprint density at radius 1 is 1.47 bits per heavy atom. The lowest BCUT2D eigenvalue weighted by molar-refractivity contribution is 0.0323. The van der Waals surface area contributed by atoms with Crippen LogP contribution in [0.1, 0.15) is 31.6 Å². The third-order valence-corrected chi connectivity index (χ3v) is 4.91. The second-order valence-corrected chi connectivity index (χ2v) is 6.04. The van der Waals surface area contributed by atoms with Crippen molar-refractivity contribution in [1.82, 2.24) is 5.32 Å². The molecule has 0 amide bonds. The fourth-order valence-electron chi connectivity index (χ4n) is 1.54. The highest BCUT2D eigenvalue weighted by Gasteiger charge is 2.21. The standard InChI is InChI=1S/C12H20BrNO2S/c1-4-12(15,5-2)8-14-7-9-6-10(13)11(16-3)17-9/h6,14-15H,4-5,7-8H2,1-3H3. The lowest BCUT2D eigenvalue weighted by Crippen LogP contribution is -2.39. The minimum atomic E-state index is -0.585. The van der Waals surface area contributed by atoms with Gasteiger partial charge in [-0.15, -0.1) is 11.3 Å². The van der Waals surface area contributed by atoms with Gasteiger partial charge in [-0.2, -0.15) is 0 Å². The molecule has 1 rings (SSSR count). The summed E-state index contributed by atoms with van der Waals surface area (Å²) >= 11 is 5.06. The summed E-state index contributed by atoms with van der Waals surface area (Å²) < 4.78 is 6.20. The molecule has 1 heterocycles. The monoisotopic (exact) mass is 321 g/mol. The first kappa shape index (κ1) is 15.0. The average Bonchev–Trinajstić information content (AvgIpc) is 2.69. The average molecular weight is 322 g/mol. The highest BCUT2D eigenvalue weighted by molar-refractivity contribution is 9.10. The maximum absolute atomic E-state index is 10.1. The first-order valence-electron chi connectivity index (χ1n) is 5.80. The molecule has 0 unspecified atom stereocenters. The lowest BCUT2D eigenvalue weighted by Gasteiger charge is -2.25. The van der Waals surface area contributed by atoms with E-state index in [4.69, 9.17) is 4.74 Å². The summed E-state index contributed by atoms with van der Waals surface area (Å²) in [4.78, 5) is 1.20. The number of halogens is 1. The predicted octanol–water partition coefficient (Wildman–Crippen LogP) is 3.16. The molecule has 0 spiro atoms. The second-order valence-electron chi connectivity index (χ2n) is 4.09. The van der Waals surface area contributed by atoms with Crippen molar-refractivity contribution in [3.63, 3.8) is 0 Å². The molecular weight excluding hydrogens is 302 g/mol. The van der Waals surface area contributed by atoms with Gasteiger partial charge in [0.1, 0.15) is 0 Å². The first-order valence-corrected chi connectivity index (χ1v) is 7.41. The molecule has 3 nitrogen and oxygen atoms in total. The van der Waals surface area contributed by atoms with Crippen LogP contribution in [0, 0.1) is 0 Å². The van der Waals surface area contributed by atoms with E-state index in [1.54, 1.807) is 18.4 Å². The van der Waals surface area contributed by atoms with E-state index in [9.17, 15) is 5.11 Å². The van der Waals surface area contributed by atoms with E-state index >= 15 is 0 Å². The van der Waals surface area contributed by atoms with E-state index < -0.39 is 5.60 Å². The smallest absolute Gasteiger partial charge is 0.188 e. The Labute approximate surface area is 115 Å². The molecule has 1 aromatic rings. The Balaban J connectivity index is 2.45. The molecule has 0 saturated heterocycles. The van der Waals surface area contributed by atoms with Crippen LogP contribution in [0.2, 0.25) is 0 Å². The van der Waals surface area contributed by atoms with Gasteiger partial charge in [0.05, 0.1) is 17.2 Å². The van der Waals surface area contributed by atoms with Crippen LogP contribution in [0.15, 0.2) is 10.5 Å². The van der Waals surface area contributed by atoms with Crippen LogP contribution in [0.3, 0.4) is 0 Å². The van der Waals surface area contributed by atoms with Gasteiger partial charge < -0.3 is 15.2 Å². The lowest BCUT2D eigenvalue weighted by atomic mass is 9.98. The van der Waals surface area contributed by atoms with Crippen LogP contribution in [0.4, 0.5) is 0 Å². The fourth-order valence-corrected chi connectivity index (χ4v) is 3.20. The number of ether oxygens (including phenoxy) is 1. The van der Waals surface area contributed by atoms with Crippen LogP contribution < -0.4 is 10.1 Å². The van der Waals surface area contributed by atoms with Crippen molar-refractivity contribution in [2.24, 2.45) is 0 Å².